The van der Waals surface area contributed by atoms with Crippen molar-refractivity contribution in [2.24, 2.45) is 5.92 Å². The molecule has 1 aliphatic carbocycles. The van der Waals surface area contributed by atoms with Gasteiger partial charge >= 0.3 is 0 Å². The van der Waals surface area contributed by atoms with E-state index in [1.807, 2.05) is 42.6 Å². The molecule has 4 heterocycles. The molecule has 0 radical (unpaired) electrons. The number of nitrogens with one attached hydrogen (secondary N) is 3. The first-order valence-electron chi connectivity index (χ1n) is 10.4. The summed E-state index contributed by atoms with van der Waals surface area (Å²) in [7, 11) is 0. The van der Waals surface area contributed by atoms with Gasteiger partial charge in [-0.15, -0.1) is 0 Å². The minimum Gasteiger partial charge on any atom is -0.352 e. The Morgan fingerprint density at radius 3 is 2.81 bits per heavy atom. The van der Waals surface area contributed by atoms with E-state index in [2.05, 4.69) is 36.5 Å². The fourth-order valence-electron chi connectivity index (χ4n) is 4.06. The lowest BCUT2D eigenvalue weighted by molar-refractivity contribution is -0.122. The lowest BCUT2D eigenvalue weighted by Crippen LogP contribution is -2.28. The number of benzene rings is 1. The molecule has 1 fully saturated rings. The van der Waals surface area contributed by atoms with E-state index in [9.17, 15) is 4.79 Å². The van der Waals surface area contributed by atoms with Crippen LogP contribution in [0, 0.1) is 5.92 Å². The van der Waals surface area contributed by atoms with E-state index < -0.39 is 0 Å². The first kappa shape index (κ1) is 17.8. The Morgan fingerprint density at radius 2 is 1.97 bits per heavy atom. The molecule has 0 unspecified atom stereocenters. The van der Waals surface area contributed by atoms with E-state index in [1.54, 1.807) is 12.4 Å². The highest BCUT2D eigenvalue weighted by Crippen LogP contribution is 2.32. The lowest BCUT2D eigenvalue weighted by Gasteiger charge is -2.24. The Kier molecular flexibility index (Phi) is 4.06. The van der Waals surface area contributed by atoms with Gasteiger partial charge < -0.3 is 10.3 Å². The van der Waals surface area contributed by atoms with Crippen LogP contribution in [0.3, 0.4) is 0 Å². The van der Waals surface area contributed by atoms with Gasteiger partial charge in [0.05, 0.1) is 34.1 Å². The molecular weight excluding hydrogens is 388 g/mol. The average Bonchev–Trinajstić information content (AvgIpc) is 3.36. The zero-order chi connectivity index (χ0) is 20.8. The molecule has 7 nitrogen and oxygen atoms in total. The van der Waals surface area contributed by atoms with Crippen LogP contribution >= 0.6 is 0 Å². The number of hydrogen-bond acceptors (Lipinski definition) is 4. The molecule has 0 spiro atoms. The molecule has 1 saturated carbocycles. The monoisotopic (exact) mass is 408 g/mol. The largest absolute Gasteiger partial charge is 0.352 e. The van der Waals surface area contributed by atoms with Gasteiger partial charge in [0.15, 0.2) is 0 Å². The van der Waals surface area contributed by atoms with E-state index >= 15 is 0 Å². The molecule has 1 aromatic carbocycles. The van der Waals surface area contributed by atoms with Crippen molar-refractivity contribution in [3.05, 3.63) is 61.1 Å². The first-order valence-corrected chi connectivity index (χ1v) is 10.4. The quantitative estimate of drug-likeness (QED) is 0.393. The second kappa shape index (κ2) is 7.05. The standard InChI is InChI=1S/C24H20N6O/c31-24(14-3-1-4-14)27-17-9-16(12-25-13-17)15-6-7-19-18(10-15)23(30-29-19)22-11-21-20(28-22)5-2-8-26-21/h2,5-14,28H,1,3-4H2,(H,27,31)(H,29,30). The predicted molar refractivity (Wildman–Crippen MR) is 120 cm³/mol. The summed E-state index contributed by atoms with van der Waals surface area (Å²) in [6.07, 6.45) is 8.37. The molecule has 7 heteroatoms. The number of carbonyl (C=O) groups is 1. The zero-order valence-corrected chi connectivity index (χ0v) is 16.7. The Bertz CT molecular complexity index is 1400. The van der Waals surface area contributed by atoms with Crippen molar-refractivity contribution in [1.29, 1.82) is 0 Å². The molecule has 152 valence electrons. The molecule has 6 rings (SSSR count). The number of anilines is 1. The van der Waals surface area contributed by atoms with Gasteiger partial charge in [-0.3, -0.25) is 19.9 Å². The number of fused-ring (bicyclic) bond motifs is 2. The second-order valence-corrected chi connectivity index (χ2v) is 8.03. The molecule has 5 aromatic rings. The van der Waals surface area contributed by atoms with Crippen LogP contribution in [-0.4, -0.2) is 31.1 Å². The highest BCUT2D eigenvalue weighted by Gasteiger charge is 2.25. The normalized spacial score (nSPS) is 14.1. The lowest BCUT2D eigenvalue weighted by atomic mass is 9.85. The Balaban J connectivity index is 1.37. The van der Waals surface area contributed by atoms with Gasteiger partial charge in [0, 0.05) is 29.3 Å². The molecule has 1 aliphatic rings. The summed E-state index contributed by atoms with van der Waals surface area (Å²) in [6.45, 7) is 0. The maximum atomic E-state index is 12.3. The van der Waals surface area contributed by atoms with E-state index in [4.69, 9.17) is 0 Å². The van der Waals surface area contributed by atoms with Crippen molar-refractivity contribution in [3.63, 3.8) is 0 Å². The third-order valence-corrected chi connectivity index (χ3v) is 6.02. The Morgan fingerprint density at radius 1 is 1.03 bits per heavy atom. The number of H-pyrrole nitrogens is 2. The molecule has 1 amide bonds. The first-order chi connectivity index (χ1) is 15.2. The van der Waals surface area contributed by atoms with Crippen LogP contribution in [0.2, 0.25) is 0 Å². The number of pyridine rings is 2. The van der Waals surface area contributed by atoms with Crippen LogP contribution in [0.15, 0.2) is 61.1 Å². The summed E-state index contributed by atoms with van der Waals surface area (Å²) in [5.74, 6) is 0.226. The number of nitrogens with zero attached hydrogens (tertiary/aromatic N) is 3. The summed E-state index contributed by atoms with van der Waals surface area (Å²) in [6, 6.07) is 14.0. The van der Waals surface area contributed by atoms with Gasteiger partial charge in [0.25, 0.3) is 0 Å². The highest BCUT2D eigenvalue weighted by molar-refractivity contribution is 5.97. The number of amides is 1. The van der Waals surface area contributed by atoms with Crippen molar-refractivity contribution in [3.8, 4) is 22.5 Å². The molecule has 0 saturated heterocycles. The molecular formula is C24H20N6O. The highest BCUT2D eigenvalue weighted by atomic mass is 16.1. The van der Waals surface area contributed by atoms with Crippen LogP contribution in [0.5, 0.6) is 0 Å². The van der Waals surface area contributed by atoms with Crippen LogP contribution in [0.1, 0.15) is 19.3 Å². The maximum absolute atomic E-state index is 12.3. The van der Waals surface area contributed by atoms with E-state index in [-0.39, 0.29) is 11.8 Å². The average molecular weight is 408 g/mol. The number of carbonyl (C=O) groups excluding carboxylic acids is 1. The van der Waals surface area contributed by atoms with Gasteiger partial charge in [-0.05, 0) is 54.8 Å². The number of aromatic nitrogens is 5. The fourth-order valence-corrected chi connectivity index (χ4v) is 4.06. The molecule has 0 aliphatic heterocycles. The van der Waals surface area contributed by atoms with E-state index in [1.165, 1.54) is 0 Å². The molecule has 0 bridgehead atoms. The van der Waals surface area contributed by atoms with Crippen LogP contribution < -0.4 is 5.32 Å². The Hall–Kier alpha value is -4.00. The second-order valence-electron chi connectivity index (χ2n) is 8.03. The van der Waals surface area contributed by atoms with Gasteiger partial charge in [0.2, 0.25) is 5.91 Å². The van der Waals surface area contributed by atoms with Gasteiger partial charge in [-0.2, -0.15) is 5.10 Å². The van der Waals surface area contributed by atoms with Crippen molar-refractivity contribution in [2.75, 3.05) is 5.32 Å². The van der Waals surface area contributed by atoms with E-state index in [0.717, 1.165) is 69.4 Å². The van der Waals surface area contributed by atoms with Gasteiger partial charge in [-0.25, -0.2) is 0 Å². The molecule has 4 aromatic heterocycles. The Labute approximate surface area is 177 Å². The van der Waals surface area contributed by atoms with Crippen molar-refractivity contribution in [1.82, 2.24) is 25.1 Å². The number of hydrogen-bond donors (Lipinski definition) is 3. The smallest absolute Gasteiger partial charge is 0.227 e. The van der Waals surface area contributed by atoms with Crippen LogP contribution in [0.4, 0.5) is 5.69 Å². The summed E-state index contributed by atoms with van der Waals surface area (Å²) in [5, 5.41) is 11.7. The SMILES string of the molecule is O=C(Nc1cncc(-c2ccc3[nH]nc(-c4cc5ncccc5[nH]4)c3c2)c1)C1CCC1. The van der Waals surface area contributed by atoms with Gasteiger partial charge in [0.1, 0.15) is 5.69 Å². The van der Waals surface area contributed by atoms with Crippen molar-refractivity contribution < 1.29 is 4.79 Å². The third-order valence-electron chi connectivity index (χ3n) is 6.02. The topological polar surface area (TPSA) is 99.3 Å². The fraction of sp³-hybridized carbons (Fsp3) is 0.167. The summed E-state index contributed by atoms with van der Waals surface area (Å²) >= 11 is 0. The summed E-state index contributed by atoms with van der Waals surface area (Å²) < 4.78 is 0. The van der Waals surface area contributed by atoms with E-state index in [0.29, 0.717) is 0 Å². The third kappa shape index (κ3) is 3.15. The van der Waals surface area contributed by atoms with Crippen molar-refractivity contribution >= 4 is 33.5 Å². The van der Waals surface area contributed by atoms with Crippen molar-refractivity contribution in [2.45, 2.75) is 19.3 Å². The molecule has 3 N–H and O–H groups in total. The zero-order valence-electron chi connectivity index (χ0n) is 16.7. The number of aromatic amines is 2. The van der Waals surface area contributed by atoms with Gasteiger partial charge in [-0.1, -0.05) is 12.5 Å². The molecule has 0 atom stereocenters. The molecule has 31 heavy (non-hydrogen) atoms. The minimum absolute atomic E-state index is 0.0881. The maximum Gasteiger partial charge on any atom is 0.227 e. The summed E-state index contributed by atoms with van der Waals surface area (Å²) in [4.78, 5) is 24.4. The predicted octanol–water partition coefficient (Wildman–Crippen LogP) is 4.91. The number of rotatable bonds is 4. The van der Waals surface area contributed by atoms with Crippen LogP contribution in [0.25, 0.3) is 44.5 Å². The summed E-state index contributed by atoms with van der Waals surface area (Å²) in [5.41, 5.74) is 7.27. The van der Waals surface area contributed by atoms with Crippen LogP contribution in [-0.2, 0) is 4.79 Å². The minimum atomic E-state index is 0.0881.